The third-order valence-electron chi connectivity index (χ3n) is 3.72. The molecular weight excluding hydrogens is 294 g/mol. The maximum Gasteiger partial charge on any atom is 0.235 e. The van der Waals surface area contributed by atoms with Crippen molar-refractivity contribution in [1.82, 2.24) is 4.98 Å². The van der Waals surface area contributed by atoms with Crippen LogP contribution in [0.1, 0.15) is 0 Å². The average Bonchev–Trinajstić information content (AvgIpc) is 2.61. The Morgan fingerprint density at radius 1 is 0.913 bits per heavy atom. The molecule has 5 heteroatoms. The lowest BCUT2D eigenvalue weighted by Gasteiger charge is -2.13. The van der Waals surface area contributed by atoms with Crippen LogP contribution in [0.25, 0.3) is 22.2 Å². The van der Waals surface area contributed by atoms with Gasteiger partial charge in [0.25, 0.3) is 0 Å². The van der Waals surface area contributed by atoms with E-state index < -0.39 is 0 Å². The summed E-state index contributed by atoms with van der Waals surface area (Å²) >= 11 is 0. The molecular formula is C18H17NO4. The highest BCUT2D eigenvalue weighted by Gasteiger charge is 2.18. The van der Waals surface area contributed by atoms with Gasteiger partial charge in [0.1, 0.15) is 11.5 Å². The summed E-state index contributed by atoms with van der Waals surface area (Å²) in [6.45, 7) is 0. The van der Waals surface area contributed by atoms with Crippen LogP contribution in [0.2, 0.25) is 0 Å². The number of methoxy groups -OCH3 is 3. The number of H-pyrrole nitrogens is 1. The minimum absolute atomic E-state index is 0.223. The average molecular weight is 311 g/mol. The Kier molecular flexibility index (Phi) is 3.93. The zero-order valence-corrected chi connectivity index (χ0v) is 13.2. The van der Waals surface area contributed by atoms with Gasteiger partial charge in [-0.05, 0) is 0 Å². The van der Waals surface area contributed by atoms with E-state index in [-0.39, 0.29) is 11.2 Å². The Hall–Kier alpha value is -2.95. The first-order chi connectivity index (χ1) is 11.2. The number of benzene rings is 2. The number of hydrogen-bond donors (Lipinski definition) is 1. The summed E-state index contributed by atoms with van der Waals surface area (Å²) in [5.74, 6) is 1.31. The van der Waals surface area contributed by atoms with Crippen LogP contribution in [-0.4, -0.2) is 26.3 Å². The molecule has 0 bridgehead atoms. The smallest absolute Gasteiger partial charge is 0.235 e. The summed E-state index contributed by atoms with van der Waals surface area (Å²) in [5.41, 5.74) is 1.90. The highest BCUT2D eigenvalue weighted by Crippen LogP contribution is 2.33. The third-order valence-corrected chi connectivity index (χ3v) is 3.72. The van der Waals surface area contributed by atoms with Crippen molar-refractivity contribution in [1.29, 1.82) is 0 Å². The Morgan fingerprint density at radius 2 is 1.65 bits per heavy atom. The monoisotopic (exact) mass is 311 g/mol. The van der Waals surface area contributed by atoms with Crippen molar-refractivity contribution < 1.29 is 14.2 Å². The summed E-state index contributed by atoms with van der Waals surface area (Å²) in [6, 6.07) is 13.0. The number of pyridine rings is 1. The van der Waals surface area contributed by atoms with Gasteiger partial charge in [-0.2, -0.15) is 0 Å². The second-order valence-electron chi connectivity index (χ2n) is 4.98. The zero-order valence-electron chi connectivity index (χ0n) is 13.2. The molecule has 1 N–H and O–H groups in total. The minimum Gasteiger partial charge on any atom is -0.497 e. The standard InChI is InChI=1S/C18H17NO4/c1-21-12-9-13-15(14(10-12)22-2)17(20)18(23-3)16(19-13)11-7-5-4-6-8-11/h4-10H,1-3H3,(H,19,20). The Morgan fingerprint density at radius 3 is 2.26 bits per heavy atom. The fourth-order valence-electron chi connectivity index (χ4n) is 2.62. The van der Waals surface area contributed by atoms with Crippen LogP contribution in [0.15, 0.2) is 47.3 Å². The second kappa shape index (κ2) is 6.04. The van der Waals surface area contributed by atoms with E-state index in [1.54, 1.807) is 19.2 Å². The van der Waals surface area contributed by atoms with Crippen LogP contribution < -0.4 is 19.6 Å². The quantitative estimate of drug-likeness (QED) is 0.803. The maximum atomic E-state index is 12.9. The topological polar surface area (TPSA) is 60.6 Å². The number of aromatic nitrogens is 1. The number of nitrogens with one attached hydrogen (secondary N) is 1. The van der Waals surface area contributed by atoms with Gasteiger partial charge in [-0.25, -0.2) is 0 Å². The van der Waals surface area contributed by atoms with Crippen LogP contribution >= 0.6 is 0 Å². The van der Waals surface area contributed by atoms with Crippen LogP contribution in [0, 0.1) is 0 Å². The van der Waals surface area contributed by atoms with Gasteiger partial charge in [0.05, 0.1) is 37.9 Å². The van der Waals surface area contributed by atoms with Crippen LogP contribution in [-0.2, 0) is 0 Å². The lowest BCUT2D eigenvalue weighted by Crippen LogP contribution is -2.11. The van der Waals surface area contributed by atoms with Gasteiger partial charge in [0.2, 0.25) is 5.43 Å². The summed E-state index contributed by atoms with van der Waals surface area (Å²) in [6.07, 6.45) is 0. The fraction of sp³-hybridized carbons (Fsp3) is 0.167. The van der Waals surface area contributed by atoms with Crippen molar-refractivity contribution in [2.24, 2.45) is 0 Å². The molecule has 0 saturated heterocycles. The van der Waals surface area contributed by atoms with E-state index in [1.165, 1.54) is 14.2 Å². The molecule has 23 heavy (non-hydrogen) atoms. The predicted octanol–water partition coefficient (Wildman–Crippen LogP) is 3.22. The fourth-order valence-corrected chi connectivity index (χ4v) is 2.62. The van der Waals surface area contributed by atoms with Crippen molar-refractivity contribution in [3.8, 4) is 28.5 Å². The molecule has 5 nitrogen and oxygen atoms in total. The maximum absolute atomic E-state index is 12.9. The number of fused-ring (bicyclic) bond motifs is 1. The Balaban J connectivity index is 2.41. The summed E-state index contributed by atoms with van der Waals surface area (Å²) in [4.78, 5) is 16.1. The largest absolute Gasteiger partial charge is 0.497 e. The molecule has 0 aliphatic heterocycles. The molecule has 118 valence electrons. The van der Waals surface area contributed by atoms with E-state index in [2.05, 4.69) is 4.98 Å². The van der Waals surface area contributed by atoms with Gasteiger partial charge in [-0.3, -0.25) is 4.79 Å². The molecule has 0 saturated carbocycles. The van der Waals surface area contributed by atoms with Gasteiger partial charge in [-0.1, -0.05) is 30.3 Å². The molecule has 0 atom stereocenters. The first-order valence-electron chi connectivity index (χ1n) is 7.11. The molecule has 3 rings (SSSR count). The summed E-state index contributed by atoms with van der Waals surface area (Å²) in [5, 5.41) is 0.435. The first-order valence-corrected chi connectivity index (χ1v) is 7.11. The lowest BCUT2D eigenvalue weighted by atomic mass is 10.1. The van der Waals surface area contributed by atoms with Gasteiger partial charge in [0, 0.05) is 17.7 Å². The van der Waals surface area contributed by atoms with E-state index in [4.69, 9.17) is 14.2 Å². The Labute approximate surface area is 133 Å². The highest BCUT2D eigenvalue weighted by molar-refractivity contribution is 5.90. The minimum atomic E-state index is -0.223. The normalized spacial score (nSPS) is 10.6. The summed E-state index contributed by atoms with van der Waals surface area (Å²) in [7, 11) is 4.57. The van der Waals surface area contributed by atoms with Crippen LogP contribution in [0.5, 0.6) is 17.2 Å². The molecule has 3 aromatic rings. The van der Waals surface area contributed by atoms with E-state index in [9.17, 15) is 4.79 Å². The molecule has 0 spiro atoms. The van der Waals surface area contributed by atoms with E-state index in [1.807, 2.05) is 30.3 Å². The molecule has 0 radical (unpaired) electrons. The predicted molar refractivity (Wildman–Crippen MR) is 89.7 cm³/mol. The van der Waals surface area contributed by atoms with Crippen LogP contribution in [0.4, 0.5) is 0 Å². The van der Waals surface area contributed by atoms with Gasteiger partial charge < -0.3 is 19.2 Å². The highest BCUT2D eigenvalue weighted by atomic mass is 16.5. The Bertz CT molecular complexity index is 900. The summed E-state index contributed by atoms with van der Waals surface area (Å²) < 4.78 is 16.0. The van der Waals surface area contributed by atoms with Crippen molar-refractivity contribution in [3.05, 3.63) is 52.7 Å². The third kappa shape index (κ3) is 2.50. The molecule has 0 aliphatic rings. The zero-order chi connectivity index (χ0) is 16.4. The van der Waals surface area contributed by atoms with Crippen LogP contribution in [0.3, 0.4) is 0 Å². The molecule has 0 amide bonds. The van der Waals surface area contributed by atoms with Crippen molar-refractivity contribution in [2.75, 3.05) is 21.3 Å². The molecule has 0 fully saturated rings. The van der Waals surface area contributed by atoms with Crippen molar-refractivity contribution in [3.63, 3.8) is 0 Å². The molecule has 2 aromatic carbocycles. The molecule has 0 unspecified atom stereocenters. The molecule has 1 heterocycles. The van der Waals surface area contributed by atoms with Crippen molar-refractivity contribution >= 4 is 10.9 Å². The second-order valence-corrected chi connectivity index (χ2v) is 4.98. The number of hydrogen-bond acceptors (Lipinski definition) is 4. The van der Waals surface area contributed by atoms with Gasteiger partial charge in [-0.15, -0.1) is 0 Å². The number of aromatic amines is 1. The van der Waals surface area contributed by atoms with E-state index in [0.29, 0.717) is 28.1 Å². The molecule has 0 aliphatic carbocycles. The number of ether oxygens (including phenoxy) is 3. The SMILES string of the molecule is COc1cc(OC)c2c(=O)c(OC)c(-c3ccccc3)[nH]c2c1. The number of rotatable bonds is 4. The van der Waals surface area contributed by atoms with E-state index in [0.717, 1.165) is 5.56 Å². The molecule has 1 aromatic heterocycles. The van der Waals surface area contributed by atoms with E-state index >= 15 is 0 Å². The van der Waals surface area contributed by atoms with Gasteiger partial charge >= 0.3 is 0 Å². The lowest BCUT2D eigenvalue weighted by molar-refractivity contribution is 0.396. The van der Waals surface area contributed by atoms with Gasteiger partial charge in [0.15, 0.2) is 5.75 Å². The van der Waals surface area contributed by atoms with Crippen molar-refractivity contribution in [2.45, 2.75) is 0 Å². The first kappa shape index (κ1) is 15.0.